The summed E-state index contributed by atoms with van der Waals surface area (Å²) < 4.78 is 18.7. The Morgan fingerprint density at radius 3 is 3.24 bits per heavy atom. The largest absolute Gasteiger partial charge is 0.487 e. The van der Waals surface area contributed by atoms with Crippen molar-refractivity contribution in [2.45, 2.75) is 25.0 Å². The van der Waals surface area contributed by atoms with E-state index in [4.69, 9.17) is 4.74 Å². The predicted octanol–water partition coefficient (Wildman–Crippen LogP) is 1.69. The molecule has 1 aliphatic heterocycles. The van der Waals surface area contributed by atoms with E-state index in [1.165, 1.54) is 12.1 Å². The molecule has 0 saturated carbocycles. The lowest BCUT2D eigenvalue weighted by molar-refractivity contribution is 0.0277. The molecule has 1 aromatic rings. The van der Waals surface area contributed by atoms with E-state index in [1.54, 1.807) is 6.07 Å². The molecule has 94 valence electrons. The first kappa shape index (κ1) is 12.7. The van der Waals surface area contributed by atoms with Gasteiger partial charge in [-0.2, -0.15) is 0 Å². The van der Waals surface area contributed by atoms with E-state index in [2.05, 4.69) is 5.09 Å². The topological polar surface area (TPSA) is 41.5 Å². The molecule has 17 heavy (non-hydrogen) atoms. The van der Waals surface area contributed by atoms with Crippen molar-refractivity contribution in [3.05, 3.63) is 29.6 Å². The molecular weight excluding hydrogens is 240 g/mol. The van der Waals surface area contributed by atoms with Crippen molar-refractivity contribution in [1.82, 2.24) is 5.09 Å². The van der Waals surface area contributed by atoms with E-state index in [-0.39, 0.29) is 11.9 Å². The Kier molecular flexibility index (Phi) is 4.32. The standard InChI is InChI=1S/C12H17FNO2P/c1-17-14-7-10(15)12-4-2-8-6-9(13)3-5-11(8)16-12/h3,5-6,10,12,14-15,17H,2,4,7H2,1H3/t10-,12-/m1/s1. The number of rotatable bonds is 4. The van der Waals surface area contributed by atoms with Gasteiger partial charge in [-0.1, -0.05) is 8.73 Å². The lowest BCUT2D eigenvalue weighted by Gasteiger charge is -2.29. The van der Waals surface area contributed by atoms with Gasteiger partial charge in [-0.15, -0.1) is 0 Å². The number of hydrogen-bond donors (Lipinski definition) is 2. The average molecular weight is 257 g/mol. The molecule has 0 amide bonds. The average Bonchev–Trinajstić information content (AvgIpc) is 2.35. The number of benzene rings is 1. The molecular formula is C12H17FNO2P. The molecule has 2 rings (SSSR count). The maximum atomic E-state index is 13.0. The summed E-state index contributed by atoms with van der Waals surface area (Å²) in [6, 6.07) is 4.53. The maximum Gasteiger partial charge on any atom is 0.126 e. The first-order valence-corrected chi connectivity index (χ1v) is 7.23. The molecule has 0 aromatic heterocycles. The third-order valence-corrected chi connectivity index (χ3v) is 3.47. The minimum atomic E-state index is -0.513. The maximum absolute atomic E-state index is 13.0. The number of fused-ring (bicyclic) bond motifs is 1. The molecule has 0 aliphatic carbocycles. The van der Waals surface area contributed by atoms with Gasteiger partial charge in [-0.3, -0.25) is 5.09 Å². The summed E-state index contributed by atoms with van der Waals surface area (Å²) in [5.74, 6) is 0.459. The van der Waals surface area contributed by atoms with Gasteiger partial charge in [0.25, 0.3) is 0 Å². The van der Waals surface area contributed by atoms with Gasteiger partial charge in [0.05, 0.1) is 0 Å². The summed E-state index contributed by atoms with van der Waals surface area (Å²) in [5, 5.41) is 13.0. The van der Waals surface area contributed by atoms with Crippen molar-refractivity contribution >= 4 is 8.73 Å². The first-order valence-electron chi connectivity index (χ1n) is 5.73. The smallest absolute Gasteiger partial charge is 0.126 e. The van der Waals surface area contributed by atoms with Crippen LogP contribution in [-0.2, 0) is 6.42 Å². The molecule has 5 heteroatoms. The van der Waals surface area contributed by atoms with E-state index in [0.717, 1.165) is 18.4 Å². The Balaban J connectivity index is 2.00. The van der Waals surface area contributed by atoms with Crippen molar-refractivity contribution in [3.63, 3.8) is 0 Å². The molecule has 1 aromatic carbocycles. The van der Waals surface area contributed by atoms with Crippen LogP contribution in [-0.4, -0.2) is 30.5 Å². The van der Waals surface area contributed by atoms with Crippen molar-refractivity contribution < 1.29 is 14.2 Å². The van der Waals surface area contributed by atoms with Crippen LogP contribution in [0, 0.1) is 5.82 Å². The van der Waals surface area contributed by atoms with Gasteiger partial charge in [-0.05, 0) is 43.3 Å². The van der Waals surface area contributed by atoms with Crippen LogP contribution in [0.1, 0.15) is 12.0 Å². The van der Waals surface area contributed by atoms with Crippen molar-refractivity contribution in [1.29, 1.82) is 0 Å². The monoisotopic (exact) mass is 257 g/mol. The molecule has 1 unspecified atom stereocenters. The normalized spacial score (nSPS) is 21.2. The zero-order valence-electron chi connectivity index (χ0n) is 9.74. The Labute approximate surface area is 102 Å². The van der Waals surface area contributed by atoms with Gasteiger partial charge < -0.3 is 9.84 Å². The van der Waals surface area contributed by atoms with Crippen LogP contribution in [0.4, 0.5) is 4.39 Å². The van der Waals surface area contributed by atoms with Crippen LogP contribution in [0.3, 0.4) is 0 Å². The fourth-order valence-electron chi connectivity index (χ4n) is 1.99. The van der Waals surface area contributed by atoms with Gasteiger partial charge in [-0.25, -0.2) is 4.39 Å². The second-order valence-electron chi connectivity index (χ2n) is 4.15. The van der Waals surface area contributed by atoms with E-state index in [9.17, 15) is 9.50 Å². The number of hydrogen-bond acceptors (Lipinski definition) is 3. The third-order valence-electron chi connectivity index (χ3n) is 2.92. The highest BCUT2D eigenvalue weighted by Crippen LogP contribution is 2.29. The predicted molar refractivity (Wildman–Crippen MR) is 67.4 cm³/mol. The van der Waals surface area contributed by atoms with E-state index >= 15 is 0 Å². The molecule has 0 radical (unpaired) electrons. The van der Waals surface area contributed by atoms with Gasteiger partial charge in [0.2, 0.25) is 0 Å². The number of aliphatic hydroxyl groups is 1. The summed E-state index contributed by atoms with van der Waals surface area (Å²) in [6.45, 7) is 2.56. The lowest BCUT2D eigenvalue weighted by Crippen LogP contribution is -2.40. The third kappa shape index (κ3) is 3.15. The molecule has 0 bridgehead atoms. The summed E-state index contributed by atoms with van der Waals surface area (Å²) in [7, 11) is 0.611. The zero-order valence-corrected chi connectivity index (χ0v) is 10.7. The van der Waals surface area contributed by atoms with Gasteiger partial charge in [0.1, 0.15) is 23.8 Å². The fourth-order valence-corrected chi connectivity index (χ4v) is 2.40. The van der Waals surface area contributed by atoms with Gasteiger partial charge >= 0.3 is 0 Å². The van der Waals surface area contributed by atoms with Crippen LogP contribution >= 0.6 is 8.73 Å². The van der Waals surface area contributed by atoms with Crippen LogP contribution < -0.4 is 9.82 Å². The molecule has 1 heterocycles. The van der Waals surface area contributed by atoms with E-state index in [0.29, 0.717) is 21.0 Å². The minimum Gasteiger partial charge on any atom is -0.487 e. The lowest BCUT2D eigenvalue weighted by atomic mass is 9.99. The van der Waals surface area contributed by atoms with Crippen LogP contribution in [0.25, 0.3) is 0 Å². The number of aryl methyl sites for hydroxylation is 1. The number of aliphatic hydroxyl groups excluding tert-OH is 1. The quantitative estimate of drug-likeness (QED) is 0.807. The second-order valence-corrected chi connectivity index (χ2v) is 5.00. The Morgan fingerprint density at radius 1 is 1.65 bits per heavy atom. The Hall–Kier alpha value is -0.700. The molecule has 2 N–H and O–H groups in total. The molecule has 3 nitrogen and oxygen atoms in total. The van der Waals surface area contributed by atoms with Gasteiger partial charge in [0.15, 0.2) is 0 Å². The molecule has 0 saturated heterocycles. The summed E-state index contributed by atoms with van der Waals surface area (Å²) in [4.78, 5) is 0. The van der Waals surface area contributed by atoms with E-state index < -0.39 is 6.10 Å². The SMILES string of the molecule is CPNC[C@@H](O)[C@H]1CCc2cc(F)ccc2O1. The molecule has 0 fully saturated rings. The van der Waals surface area contributed by atoms with Crippen molar-refractivity contribution in [3.8, 4) is 5.75 Å². The number of halogens is 1. The highest BCUT2D eigenvalue weighted by atomic mass is 31.1. The summed E-state index contributed by atoms with van der Waals surface area (Å²) in [6.07, 6.45) is 0.771. The summed E-state index contributed by atoms with van der Waals surface area (Å²) in [5.41, 5.74) is 0.888. The van der Waals surface area contributed by atoms with Gasteiger partial charge in [0, 0.05) is 6.54 Å². The van der Waals surface area contributed by atoms with Crippen LogP contribution in [0.15, 0.2) is 18.2 Å². The molecule has 3 atom stereocenters. The van der Waals surface area contributed by atoms with Crippen LogP contribution in [0.2, 0.25) is 0 Å². The highest BCUT2D eigenvalue weighted by molar-refractivity contribution is 7.34. The zero-order chi connectivity index (χ0) is 12.3. The van der Waals surface area contributed by atoms with Crippen LogP contribution in [0.5, 0.6) is 5.75 Å². The molecule has 1 aliphatic rings. The Bertz CT molecular complexity index is 389. The first-order chi connectivity index (χ1) is 8.20. The Morgan fingerprint density at radius 2 is 2.47 bits per heavy atom. The summed E-state index contributed by atoms with van der Waals surface area (Å²) >= 11 is 0. The number of ether oxygens (including phenoxy) is 1. The second kappa shape index (κ2) is 5.76. The van der Waals surface area contributed by atoms with Crippen molar-refractivity contribution in [2.75, 3.05) is 13.2 Å². The molecule has 0 spiro atoms. The highest BCUT2D eigenvalue weighted by Gasteiger charge is 2.26. The fraction of sp³-hybridized carbons (Fsp3) is 0.500. The number of nitrogens with one attached hydrogen (secondary N) is 1. The van der Waals surface area contributed by atoms with Crippen molar-refractivity contribution in [2.24, 2.45) is 0 Å². The minimum absolute atomic E-state index is 0.197. The van der Waals surface area contributed by atoms with E-state index in [1.807, 2.05) is 6.66 Å².